The second-order valence-corrected chi connectivity index (χ2v) is 3.42. The molecule has 0 aromatic heterocycles. The minimum Gasteiger partial charge on any atom is -0.197 e. The van der Waals surface area contributed by atoms with E-state index in [4.69, 9.17) is 16.9 Å². The summed E-state index contributed by atoms with van der Waals surface area (Å²) < 4.78 is 21.2. The van der Waals surface area contributed by atoms with Gasteiger partial charge in [-0.3, -0.25) is 0 Å². The highest BCUT2D eigenvalue weighted by molar-refractivity contribution is 7.73. The molecule has 0 aromatic rings. The van der Waals surface area contributed by atoms with Crippen molar-refractivity contribution >= 4 is 26.8 Å². The zero-order valence-electron chi connectivity index (χ0n) is 5.86. The Morgan fingerprint density at radius 1 is 1.58 bits per heavy atom. The zero-order valence-corrected chi connectivity index (χ0v) is 7.43. The Bertz CT molecular complexity index is 417. The first-order valence-electron chi connectivity index (χ1n) is 3.07. The molecule has 0 radical (unpaired) electrons. The fraction of sp³-hybridized carbons (Fsp3) is 0.143. The Hall–Kier alpha value is -1.05. The highest BCUT2D eigenvalue weighted by Crippen LogP contribution is 2.17. The van der Waals surface area contributed by atoms with Gasteiger partial charge in [-0.25, -0.2) is 0 Å². The number of allylic oxidation sites excluding steroid dienone is 4. The lowest BCUT2D eigenvalue weighted by molar-refractivity contribution is 0.626. The van der Waals surface area contributed by atoms with Gasteiger partial charge in [0.15, 0.2) is 0 Å². The molecule has 1 atom stereocenters. The normalized spacial score (nSPS) is 21.5. The first-order chi connectivity index (χ1) is 5.66. The van der Waals surface area contributed by atoms with Gasteiger partial charge in [-0.05, 0) is 6.08 Å². The lowest BCUT2D eigenvalue weighted by Gasteiger charge is -2.06. The number of nitrogens with zero attached hydrogens (tertiary/aromatic N) is 1. The molecule has 0 aliphatic heterocycles. The Morgan fingerprint density at radius 2 is 2.25 bits per heavy atom. The van der Waals surface area contributed by atoms with E-state index in [1.807, 2.05) is 6.07 Å². The van der Waals surface area contributed by atoms with Gasteiger partial charge in [-0.1, -0.05) is 23.8 Å². The smallest absolute Gasteiger partial charge is 0.197 e. The first-order valence-corrected chi connectivity index (χ1v) is 4.52. The molecule has 1 aliphatic rings. The molecule has 5 heteroatoms. The van der Waals surface area contributed by atoms with Crippen molar-refractivity contribution in [1.29, 1.82) is 5.26 Å². The molecule has 12 heavy (non-hydrogen) atoms. The second kappa shape index (κ2) is 3.57. The van der Waals surface area contributed by atoms with Crippen LogP contribution in [0.1, 0.15) is 0 Å². The monoisotopic (exact) mass is 201 g/mol. The van der Waals surface area contributed by atoms with Gasteiger partial charge in [0, 0.05) is 0 Å². The van der Waals surface area contributed by atoms with Crippen molar-refractivity contribution in [3.05, 3.63) is 23.3 Å². The van der Waals surface area contributed by atoms with Crippen LogP contribution in [0.25, 0.3) is 0 Å². The van der Waals surface area contributed by atoms with E-state index in [9.17, 15) is 8.42 Å². The molecular weight excluding hydrogens is 198 g/mol. The minimum absolute atomic E-state index is 0.0540. The minimum atomic E-state index is -2.42. The van der Waals surface area contributed by atoms with Crippen molar-refractivity contribution in [2.45, 2.75) is 0 Å². The summed E-state index contributed by atoms with van der Waals surface area (Å²) in [5, 5.41) is 8.66. The van der Waals surface area contributed by atoms with Crippen molar-refractivity contribution in [2.75, 3.05) is 0 Å². The molecule has 0 saturated heterocycles. The molecule has 0 bridgehead atoms. The van der Waals surface area contributed by atoms with E-state index in [-0.39, 0.29) is 9.90 Å². The highest BCUT2D eigenvalue weighted by Gasteiger charge is 2.19. The number of rotatable bonds is 0. The fourth-order valence-corrected chi connectivity index (χ4v) is 1.80. The van der Waals surface area contributed by atoms with E-state index in [1.165, 1.54) is 12.2 Å². The van der Waals surface area contributed by atoms with E-state index in [0.717, 1.165) is 0 Å². The van der Waals surface area contributed by atoms with Gasteiger partial charge in [-0.15, -0.1) is 0 Å². The Kier molecular flexibility index (Phi) is 2.69. The molecule has 1 rings (SSSR count). The van der Waals surface area contributed by atoms with Crippen LogP contribution < -0.4 is 0 Å². The van der Waals surface area contributed by atoms with Crippen LogP contribution in [-0.2, 0) is 10.3 Å². The summed E-state index contributed by atoms with van der Waals surface area (Å²) in [6.07, 6.45) is 4.49. The maximum Gasteiger partial charge on any atom is 0.220 e. The summed E-state index contributed by atoms with van der Waals surface area (Å²) in [6, 6.07) is 1.82. The molecule has 0 saturated carbocycles. The van der Waals surface area contributed by atoms with Crippen molar-refractivity contribution in [2.24, 2.45) is 5.92 Å². The molecule has 0 N–H and O–H groups in total. The largest absolute Gasteiger partial charge is 0.220 e. The third kappa shape index (κ3) is 1.58. The summed E-state index contributed by atoms with van der Waals surface area (Å²) in [4.78, 5) is -0.0540. The molecule has 0 fully saturated rings. The van der Waals surface area contributed by atoms with E-state index >= 15 is 0 Å². The van der Waals surface area contributed by atoms with Gasteiger partial charge in [0.25, 0.3) is 0 Å². The number of hydrogen-bond acceptors (Lipinski definition) is 3. The van der Waals surface area contributed by atoms with Crippen molar-refractivity contribution < 1.29 is 8.42 Å². The van der Waals surface area contributed by atoms with E-state index in [2.05, 4.69) is 0 Å². The molecular formula is C7H4ClNO2S. The topological polar surface area (TPSA) is 57.9 Å². The third-order valence-electron chi connectivity index (χ3n) is 1.38. The highest BCUT2D eigenvalue weighted by atomic mass is 35.5. The van der Waals surface area contributed by atoms with E-state index < -0.39 is 16.2 Å². The maximum absolute atomic E-state index is 10.6. The number of hydrogen-bond donors (Lipinski definition) is 0. The predicted molar refractivity (Wildman–Crippen MR) is 46.1 cm³/mol. The van der Waals surface area contributed by atoms with E-state index in [0.29, 0.717) is 0 Å². The molecule has 0 aromatic carbocycles. The van der Waals surface area contributed by atoms with Gasteiger partial charge >= 0.3 is 0 Å². The van der Waals surface area contributed by atoms with Crippen LogP contribution in [0.2, 0.25) is 0 Å². The molecule has 1 unspecified atom stereocenters. The standard InChI is InChI=1S/C7H4ClNO2S/c8-6-3-1-2-5(4-9)7(6)12(10)11/h1-3,5H. The van der Waals surface area contributed by atoms with Crippen LogP contribution in [-0.4, -0.2) is 13.3 Å². The molecule has 0 spiro atoms. The summed E-state index contributed by atoms with van der Waals surface area (Å²) in [6.45, 7) is 0. The molecule has 62 valence electrons. The molecule has 1 aliphatic carbocycles. The van der Waals surface area contributed by atoms with Crippen LogP contribution >= 0.6 is 11.6 Å². The Morgan fingerprint density at radius 3 is 2.67 bits per heavy atom. The summed E-state index contributed by atoms with van der Waals surface area (Å²) in [5.41, 5.74) is 0. The first kappa shape index (κ1) is 9.04. The Balaban J connectivity index is 3.33. The predicted octanol–water partition coefficient (Wildman–Crippen LogP) is 0.870. The molecule has 0 heterocycles. The number of halogens is 1. The average Bonchev–Trinajstić information content (AvgIpc) is 2.03. The van der Waals surface area contributed by atoms with Crippen molar-refractivity contribution in [3.8, 4) is 6.07 Å². The summed E-state index contributed by atoms with van der Waals surface area (Å²) >= 11 is 5.58. The van der Waals surface area contributed by atoms with Gasteiger partial charge in [0.1, 0.15) is 10.8 Å². The van der Waals surface area contributed by atoms with Crippen LogP contribution in [0.4, 0.5) is 0 Å². The van der Waals surface area contributed by atoms with Gasteiger partial charge in [0.2, 0.25) is 10.3 Å². The lowest BCUT2D eigenvalue weighted by atomic mass is 10.0. The summed E-state index contributed by atoms with van der Waals surface area (Å²) in [5.74, 6) is -0.749. The third-order valence-corrected chi connectivity index (χ3v) is 2.66. The van der Waals surface area contributed by atoms with Crippen LogP contribution in [0.5, 0.6) is 0 Å². The maximum atomic E-state index is 10.6. The van der Waals surface area contributed by atoms with Crippen LogP contribution in [0.15, 0.2) is 23.3 Å². The van der Waals surface area contributed by atoms with Gasteiger partial charge in [-0.2, -0.15) is 13.7 Å². The van der Waals surface area contributed by atoms with Crippen LogP contribution in [0, 0.1) is 17.2 Å². The quantitative estimate of drug-likeness (QED) is 0.547. The van der Waals surface area contributed by atoms with Gasteiger partial charge in [0.05, 0.1) is 11.1 Å². The molecule has 3 nitrogen and oxygen atoms in total. The molecule has 0 amide bonds. The van der Waals surface area contributed by atoms with Crippen LogP contribution in [0.3, 0.4) is 0 Å². The van der Waals surface area contributed by atoms with Crippen molar-refractivity contribution in [1.82, 2.24) is 0 Å². The SMILES string of the molecule is N#CC1C=CC=C(Cl)C1=S(=O)=O. The second-order valence-electron chi connectivity index (χ2n) is 2.11. The average molecular weight is 202 g/mol. The van der Waals surface area contributed by atoms with Gasteiger partial charge < -0.3 is 0 Å². The van der Waals surface area contributed by atoms with E-state index in [1.54, 1.807) is 6.08 Å². The Labute approximate surface area is 76.1 Å². The lowest BCUT2D eigenvalue weighted by Crippen LogP contribution is -2.14. The zero-order chi connectivity index (χ0) is 9.14. The van der Waals surface area contributed by atoms with Crippen molar-refractivity contribution in [3.63, 3.8) is 0 Å². The fourth-order valence-electron chi connectivity index (χ4n) is 0.854. The summed E-state index contributed by atoms with van der Waals surface area (Å²) in [7, 11) is -2.42. The number of nitriles is 1.